The summed E-state index contributed by atoms with van der Waals surface area (Å²) in [6.07, 6.45) is 5.02. The van der Waals surface area contributed by atoms with Gasteiger partial charge in [0.2, 0.25) is 0 Å². The van der Waals surface area contributed by atoms with Crippen LogP contribution in [0.1, 0.15) is 31.7 Å². The molecule has 0 spiro atoms. The molecule has 2 saturated heterocycles. The van der Waals surface area contributed by atoms with E-state index in [1.54, 1.807) is 18.3 Å². The van der Waals surface area contributed by atoms with Crippen LogP contribution in [0.15, 0.2) is 42.6 Å². The lowest BCUT2D eigenvalue weighted by molar-refractivity contribution is -0.00600. The van der Waals surface area contributed by atoms with Crippen LogP contribution >= 0.6 is 0 Å². The Morgan fingerprint density at radius 1 is 1.24 bits per heavy atom. The Morgan fingerprint density at radius 3 is 2.72 bits per heavy atom. The Bertz CT molecular complexity index is 831. The number of rotatable bonds is 2. The van der Waals surface area contributed by atoms with Gasteiger partial charge in [0, 0.05) is 29.5 Å². The molecule has 126 valence electrons. The molecular formula is C20H20N4O. The average Bonchev–Trinajstić information content (AvgIpc) is 2.62. The van der Waals surface area contributed by atoms with Gasteiger partial charge in [0.25, 0.3) is 0 Å². The molecule has 2 amide bonds. The lowest BCUT2D eigenvalue weighted by atomic mass is 9.74. The summed E-state index contributed by atoms with van der Waals surface area (Å²) in [5.74, 6) is 0.707. The second-order valence-electron chi connectivity index (χ2n) is 7.04. The van der Waals surface area contributed by atoms with Crippen molar-refractivity contribution in [3.05, 3.63) is 48.2 Å². The van der Waals surface area contributed by atoms with Crippen molar-refractivity contribution < 1.29 is 4.79 Å². The van der Waals surface area contributed by atoms with Crippen molar-refractivity contribution in [1.29, 1.82) is 5.26 Å². The van der Waals surface area contributed by atoms with E-state index in [2.05, 4.69) is 23.3 Å². The highest BCUT2D eigenvalue weighted by Gasteiger charge is 2.46. The summed E-state index contributed by atoms with van der Waals surface area (Å²) >= 11 is 0. The Morgan fingerprint density at radius 2 is 2.04 bits per heavy atom. The van der Waals surface area contributed by atoms with E-state index in [4.69, 9.17) is 0 Å². The van der Waals surface area contributed by atoms with Gasteiger partial charge in [-0.2, -0.15) is 5.26 Å². The van der Waals surface area contributed by atoms with Crippen LogP contribution in [0.3, 0.4) is 0 Å². The van der Waals surface area contributed by atoms with Crippen molar-refractivity contribution in [2.24, 2.45) is 5.92 Å². The summed E-state index contributed by atoms with van der Waals surface area (Å²) in [6, 6.07) is 13.8. The maximum atomic E-state index is 12.7. The summed E-state index contributed by atoms with van der Waals surface area (Å²) < 4.78 is 0. The molecule has 25 heavy (non-hydrogen) atoms. The number of carbonyl (C=O) groups excluding carboxylic acids is 1. The SMILES string of the molecule is CC1CC2CC(C1)N2C(=O)Nc1ccc(C#N)c(-c2ccccn2)c1. The van der Waals surface area contributed by atoms with Crippen molar-refractivity contribution in [2.45, 2.75) is 38.3 Å². The predicted octanol–water partition coefficient (Wildman–Crippen LogP) is 4.02. The number of anilines is 1. The molecule has 0 radical (unpaired) electrons. The third-order valence-electron chi connectivity index (χ3n) is 5.25. The molecule has 3 fully saturated rings. The summed E-state index contributed by atoms with van der Waals surface area (Å²) in [7, 11) is 0. The lowest BCUT2D eigenvalue weighted by Crippen LogP contribution is -2.63. The Hall–Kier alpha value is -2.87. The van der Waals surface area contributed by atoms with Crippen molar-refractivity contribution in [1.82, 2.24) is 9.88 Å². The predicted molar refractivity (Wildman–Crippen MR) is 95.8 cm³/mol. The average molecular weight is 332 g/mol. The molecule has 1 saturated carbocycles. The lowest BCUT2D eigenvalue weighted by Gasteiger charge is -2.54. The minimum atomic E-state index is -0.0372. The molecule has 2 unspecified atom stereocenters. The Balaban J connectivity index is 1.56. The fraction of sp³-hybridized carbons (Fsp3) is 0.350. The third-order valence-corrected chi connectivity index (χ3v) is 5.25. The van der Waals surface area contributed by atoms with Gasteiger partial charge in [-0.05, 0) is 55.5 Å². The number of benzene rings is 1. The first-order valence-electron chi connectivity index (χ1n) is 8.70. The van der Waals surface area contributed by atoms with E-state index in [-0.39, 0.29) is 6.03 Å². The number of nitriles is 1. The van der Waals surface area contributed by atoms with E-state index in [9.17, 15) is 10.1 Å². The monoisotopic (exact) mass is 332 g/mol. The van der Waals surface area contributed by atoms with E-state index in [1.165, 1.54) is 0 Å². The summed E-state index contributed by atoms with van der Waals surface area (Å²) in [5, 5.41) is 12.3. The van der Waals surface area contributed by atoms with Gasteiger partial charge in [-0.3, -0.25) is 4.98 Å². The fourth-order valence-electron chi connectivity index (χ4n) is 4.12. The van der Waals surface area contributed by atoms with Gasteiger partial charge in [0.1, 0.15) is 0 Å². The highest BCUT2D eigenvalue weighted by molar-refractivity contribution is 5.91. The molecule has 1 aromatic carbocycles. The Kier molecular flexibility index (Phi) is 3.89. The molecule has 5 nitrogen and oxygen atoms in total. The molecule has 3 heterocycles. The van der Waals surface area contributed by atoms with Crippen LogP contribution in [0.2, 0.25) is 0 Å². The van der Waals surface area contributed by atoms with E-state index >= 15 is 0 Å². The summed E-state index contributed by atoms with van der Waals surface area (Å²) in [5.41, 5.74) is 2.71. The van der Waals surface area contributed by atoms with Crippen molar-refractivity contribution >= 4 is 11.7 Å². The first kappa shape index (κ1) is 15.6. The highest BCUT2D eigenvalue weighted by atomic mass is 16.2. The number of urea groups is 1. The summed E-state index contributed by atoms with van der Waals surface area (Å²) in [4.78, 5) is 19.0. The topological polar surface area (TPSA) is 69.0 Å². The molecule has 2 aromatic rings. The summed E-state index contributed by atoms with van der Waals surface area (Å²) in [6.45, 7) is 2.26. The van der Waals surface area contributed by atoms with Crippen LogP contribution in [-0.2, 0) is 0 Å². The van der Waals surface area contributed by atoms with E-state index in [0.29, 0.717) is 29.3 Å². The molecule has 3 aliphatic rings. The molecule has 5 rings (SSSR count). The standard InChI is InChI=1S/C20H20N4O/c1-13-8-16-11-17(9-13)24(16)20(25)23-15-6-5-14(12-21)18(10-15)19-4-2-3-7-22-19/h2-7,10,13,16-17H,8-9,11H2,1H3,(H,23,25). The van der Waals surface area contributed by atoms with Gasteiger partial charge in [-0.1, -0.05) is 13.0 Å². The molecule has 1 aliphatic carbocycles. The van der Waals surface area contributed by atoms with Gasteiger partial charge in [-0.25, -0.2) is 4.79 Å². The number of piperidine rings is 1. The second-order valence-corrected chi connectivity index (χ2v) is 7.04. The molecular weight excluding hydrogens is 312 g/mol. The number of pyridine rings is 1. The highest BCUT2D eigenvalue weighted by Crippen LogP contribution is 2.41. The smallest absolute Gasteiger partial charge is 0.318 e. The maximum absolute atomic E-state index is 12.7. The molecule has 2 aliphatic heterocycles. The quantitative estimate of drug-likeness (QED) is 0.903. The zero-order chi connectivity index (χ0) is 17.4. The van der Waals surface area contributed by atoms with Crippen LogP contribution in [-0.4, -0.2) is 28.0 Å². The number of carbonyl (C=O) groups is 1. The number of nitrogens with one attached hydrogen (secondary N) is 1. The Labute approximate surface area is 147 Å². The van der Waals surface area contributed by atoms with Crippen LogP contribution in [0.4, 0.5) is 10.5 Å². The van der Waals surface area contributed by atoms with Crippen LogP contribution < -0.4 is 5.32 Å². The van der Waals surface area contributed by atoms with E-state index in [0.717, 1.165) is 30.5 Å². The second kappa shape index (κ2) is 6.21. The van der Waals surface area contributed by atoms with E-state index < -0.39 is 0 Å². The number of hydrogen-bond donors (Lipinski definition) is 1. The fourth-order valence-corrected chi connectivity index (χ4v) is 4.12. The maximum Gasteiger partial charge on any atom is 0.322 e. The van der Waals surface area contributed by atoms with Crippen LogP contribution in [0.5, 0.6) is 0 Å². The van der Waals surface area contributed by atoms with Crippen molar-refractivity contribution in [2.75, 3.05) is 5.32 Å². The minimum Gasteiger partial charge on any atom is -0.318 e. The van der Waals surface area contributed by atoms with Crippen molar-refractivity contribution in [3.8, 4) is 17.3 Å². The molecule has 5 heteroatoms. The van der Waals surface area contributed by atoms with Gasteiger partial charge < -0.3 is 10.2 Å². The van der Waals surface area contributed by atoms with E-state index in [1.807, 2.05) is 29.2 Å². The number of amides is 2. The molecule has 2 atom stereocenters. The third kappa shape index (κ3) is 2.85. The largest absolute Gasteiger partial charge is 0.322 e. The van der Waals surface area contributed by atoms with Gasteiger partial charge >= 0.3 is 6.03 Å². The first-order valence-corrected chi connectivity index (χ1v) is 8.70. The van der Waals surface area contributed by atoms with Gasteiger partial charge in [-0.15, -0.1) is 0 Å². The van der Waals surface area contributed by atoms with Crippen LogP contribution in [0, 0.1) is 17.2 Å². The van der Waals surface area contributed by atoms with Gasteiger partial charge in [0.15, 0.2) is 0 Å². The van der Waals surface area contributed by atoms with Crippen molar-refractivity contribution in [3.63, 3.8) is 0 Å². The first-order chi connectivity index (χ1) is 12.2. The minimum absolute atomic E-state index is 0.0372. The van der Waals surface area contributed by atoms with Crippen LogP contribution in [0.25, 0.3) is 11.3 Å². The van der Waals surface area contributed by atoms with Gasteiger partial charge in [0.05, 0.1) is 17.3 Å². The molecule has 1 N–H and O–H groups in total. The molecule has 2 bridgehead atoms. The normalized spacial score (nSPS) is 24.2. The molecule has 1 aromatic heterocycles. The number of aromatic nitrogens is 1. The zero-order valence-corrected chi connectivity index (χ0v) is 14.1. The number of fused-ring (bicyclic) bond motifs is 2. The zero-order valence-electron chi connectivity index (χ0n) is 14.1. The number of hydrogen-bond acceptors (Lipinski definition) is 3. The number of nitrogens with zero attached hydrogens (tertiary/aromatic N) is 3.